The van der Waals surface area contributed by atoms with Crippen LogP contribution in [0, 0.1) is 17.7 Å². The standard InChI is InChI=1S/C24H32ClFO5/c1-15(6-3-2-4-9-22(30)31)23-18(20(28)14-21(23)29)13-12-17(27)11-10-16-7-5-8-19(25)24(16)26/h5,7-8,10-11,17-18,20-21,23,27-29H,1-4,6,9,12-14H2,(H,30,31). The predicted molar refractivity (Wildman–Crippen MR) is 119 cm³/mol. The quantitative estimate of drug-likeness (QED) is 0.273. The van der Waals surface area contributed by atoms with Crippen molar-refractivity contribution in [2.75, 3.05) is 0 Å². The Morgan fingerprint density at radius 3 is 2.65 bits per heavy atom. The second kappa shape index (κ2) is 12.3. The Kier molecular flexibility index (Phi) is 10.2. The maximum absolute atomic E-state index is 13.9. The zero-order valence-corrected chi connectivity index (χ0v) is 18.3. The van der Waals surface area contributed by atoms with E-state index in [-0.39, 0.29) is 35.3 Å². The van der Waals surface area contributed by atoms with E-state index in [9.17, 15) is 24.5 Å². The highest BCUT2D eigenvalue weighted by Crippen LogP contribution is 2.41. The first-order chi connectivity index (χ1) is 14.7. The molecule has 1 aromatic rings. The fourth-order valence-corrected chi connectivity index (χ4v) is 4.52. The third-order valence-electron chi connectivity index (χ3n) is 5.99. The number of carboxylic acid groups (broad SMARTS) is 1. The van der Waals surface area contributed by atoms with E-state index in [2.05, 4.69) is 6.58 Å². The summed E-state index contributed by atoms with van der Waals surface area (Å²) in [6, 6.07) is 4.65. The topological polar surface area (TPSA) is 98.0 Å². The van der Waals surface area contributed by atoms with Gasteiger partial charge in [0.1, 0.15) is 5.82 Å². The molecule has 31 heavy (non-hydrogen) atoms. The lowest BCUT2D eigenvalue weighted by molar-refractivity contribution is -0.137. The summed E-state index contributed by atoms with van der Waals surface area (Å²) in [5.41, 5.74) is 1.15. The number of rotatable bonds is 12. The van der Waals surface area contributed by atoms with Crippen LogP contribution in [0.15, 0.2) is 36.4 Å². The van der Waals surface area contributed by atoms with E-state index in [1.807, 2.05) is 0 Å². The Bertz CT molecular complexity index is 781. The molecule has 0 aliphatic heterocycles. The van der Waals surface area contributed by atoms with Crippen LogP contribution in [-0.2, 0) is 4.79 Å². The first kappa shape index (κ1) is 25.5. The number of aliphatic hydroxyl groups excluding tert-OH is 3. The predicted octanol–water partition coefficient (Wildman–Crippen LogP) is 4.58. The van der Waals surface area contributed by atoms with Crippen molar-refractivity contribution in [2.24, 2.45) is 11.8 Å². The van der Waals surface area contributed by atoms with E-state index in [0.717, 1.165) is 18.4 Å². The molecule has 4 N–H and O–H groups in total. The molecule has 1 aromatic carbocycles. The van der Waals surface area contributed by atoms with Crippen molar-refractivity contribution in [3.8, 4) is 0 Å². The van der Waals surface area contributed by atoms with Gasteiger partial charge < -0.3 is 20.4 Å². The minimum Gasteiger partial charge on any atom is -0.481 e. The van der Waals surface area contributed by atoms with Gasteiger partial charge in [-0.15, -0.1) is 0 Å². The number of hydrogen-bond acceptors (Lipinski definition) is 4. The molecule has 2 rings (SSSR count). The Balaban J connectivity index is 1.87. The van der Waals surface area contributed by atoms with Crippen LogP contribution in [0.4, 0.5) is 4.39 Å². The van der Waals surface area contributed by atoms with Gasteiger partial charge in [-0.1, -0.05) is 54.5 Å². The van der Waals surface area contributed by atoms with E-state index in [0.29, 0.717) is 25.7 Å². The normalized spacial score (nSPS) is 24.5. The monoisotopic (exact) mass is 454 g/mol. The van der Waals surface area contributed by atoms with Crippen molar-refractivity contribution in [1.82, 2.24) is 0 Å². The summed E-state index contributed by atoms with van der Waals surface area (Å²) in [5, 5.41) is 39.8. The van der Waals surface area contributed by atoms with Crippen molar-refractivity contribution in [3.05, 3.63) is 52.8 Å². The van der Waals surface area contributed by atoms with E-state index in [1.54, 1.807) is 12.1 Å². The Hall–Kier alpha value is -1.73. The van der Waals surface area contributed by atoms with Gasteiger partial charge in [0.05, 0.1) is 23.3 Å². The summed E-state index contributed by atoms with van der Waals surface area (Å²) in [7, 11) is 0. The summed E-state index contributed by atoms with van der Waals surface area (Å²) < 4.78 is 13.9. The van der Waals surface area contributed by atoms with E-state index in [4.69, 9.17) is 16.7 Å². The molecule has 1 aliphatic carbocycles. The maximum atomic E-state index is 13.9. The highest BCUT2D eigenvalue weighted by molar-refractivity contribution is 6.30. The Morgan fingerprint density at radius 1 is 1.23 bits per heavy atom. The number of hydrogen-bond donors (Lipinski definition) is 4. The van der Waals surface area contributed by atoms with Crippen molar-refractivity contribution >= 4 is 23.6 Å². The summed E-state index contributed by atoms with van der Waals surface area (Å²) in [4.78, 5) is 10.6. The molecule has 5 nitrogen and oxygen atoms in total. The third-order valence-corrected chi connectivity index (χ3v) is 6.28. The average Bonchev–Trinajstić information content (AvgIpc) is 2.99. The van der Waals surface area contributed by atoms with Crippen LogP contribution in [0.5, 0.6) is 0 Å². The number of halogens is 2. The Morgan fingerprint density at radius 2 is 1.94 bits per heavy atom. The summed E-state index contributed by atoms with van der Waals surface area (Å²) in [5.74, 6) is -1.82. The molecule has 1 saturated carbocycles. The van der Waals surface area contributed by atoms with Gasteiger partial charge in [-0.05, 0) is 44.1 Å². The van der Waals surface area contributed by atoms with Gasteiger partial charge in [0.15, 0.2) is 0 Å². The lowest BCUT2D eigenvalue weighted by Gasteiger charge is -2.26. The molecule has 7 heteroatoms. The largest absolute Gasteiger partial charge is 0.481 e. The Labute approximate surface area is 187 Å². The zero-order chi connectivity index (χ0) is 23.0. The molecule has 0 aromatic heterocycles. The van der Waals surface area contributed by atoms with Crippen LogP contribution in [0.2, 0.25) is 5.02 Å². The maximum Gasteiger partial charge on any atom is 0.303 e. The fourth-order valence-electron chi connectivity index (χ4n) is 4.34. The van der Waals surface area contributed by atoms with Crippen molar-refractivity contribution in [1.29, 1.82) is 0 Å². The number of unbranched alkanes of at least 4 members (excludes halogenated alkanes) is 2. The fraction of sp³-hybridized carbons (Fsp3) is 0.542. The number of aliphatic carboxylic acids is 1. The minimum absolute atomic E-state index is 0.0176. The number of carboxylic acids is 1. The van der Waals surface area contributed by atoms with E-state index >= 15 is 0 Å². The van der Waals surface area contributed by atoms with E-state index in [1.165, 1.54) is 18.2 Å². The zero-order valence-electron chi connectivity index (χ0n) is 17.6. The lowest BCUT2D eigenvalue weighted by Crippen LogP contribution is -2.25. The molecule has 0 saturated heterocycles. The summed E-state index contributed by atoms with van der Waals surface area (Å²) >= 11 is 5.76. The molecule has 0 bridgehead atoms. The van der Waals surface area contributed by atoms with Crippen molar-refractivity contribution in [2.45, 2.75) is 69.7 Å². The second-order valence-electron chi connectivity index (χ2n) is 8.32. The molecule has 0 heterocycles. The van der Waals surface area contributed by atoms with Gasteiger partial charge in [-0.3, -0.25) is 4.79 Å². The van der Waals surface area contributed by atoms with Gasteiger partial charge in [0.2, 0.25) is 0 Å². The molecular formula is C24H32ClFO5. The molecule has 0 spiro atoms. The van der Waals surface area contributed by atoms with Gasteiger partial charge in [-0.2, -0.15) is 0 Å². The smallest absolute Gasteiger partial charge is 0.303 e. The van der Waals surface area contributed by atoms with Gasteiger partial charge in [-0.25, -0.2) is 4.39 Å². The number of aliphatic hydroxyl groups is 3. The SMILES string of the molecule is C=C(CCCCCC(=O)O)C1C(O)CC(O)C1CCC(O)C=Cc1cccc(Cl)c1F. The summed E-state index contributed by atoms with van der Waals surface area (Å²) in [6.07, 6.45) is 4.89. The van der Waals surface area contributed by atoms with Crippen LogP contribution in [-0.4, -0.2) is 44.7 Å². The molecule has 0 radical (unpaired) electrons. The first-order valence-corrected chi connectivity index (χ1v) is 11.1. The number of benzene rings is 1. The van der Waals surface area contributed by atoms with Crippen LogP contribution >= 0.6 is 11.6 Å². The third kappa shape index (κ3) is 7.72. The molecule has 5 atom stereocenters. The first-order valence-electron chi connectivity index (χ1n) is 10.8. The van der Waals surface area contributed by atoms with Crippen LogP contribution in [0.25, 0.3) is 6.08 Å². The molecule has 5 unspecified atom stereocenters. The molecule has 0 amide bonds. The van der Waals surface area contributed by atoms with Crippen molar-refractivity contribution < 1.29 is 29.6 Å². The van der Waals surface area contributed by atoms with Gasteiger partial charge in [0.25, 0.3) is 0 Å². The van der Waals surface area contributed by atoms with Crippen LogP contribution in [0.3, 0.4) is 0 Å². The highest BCUT2D eigenvalue weighted by atomic mass is 35.5. The molecular weight excluding hydrogens is 423 g/mol. The van der Waals surface area contributed by atoms with Gasteiger partial charge in [0, 0.05) is 24.3 Å². The summed E-state index contributed by atoms with van der Waals surface area (Å²) in [6.45, 7) is 4.11. The van der Waals surface area contributed by atoms with Crippen LogP contribution < -0.4 is 0 Å². The van der Waals surface area contributed by atoms with Crippen molar-refractivity contribution in [3.63, 3.8) is 0 Å². The minimum atomic E-state index is -0.826. The molecule has 1 aliphatic rings. The lowest BCUT2D eigenvalue weighted by atomic mass is 9.82. The van der Waals surface area contributed by atoms with Gasteiger partial charge >= 0.3 is 5.97 Å². The molecule has 172 valence electrons. The van der Waals surface area contributed by atoms with Crippen LogP contribution in [0.1, 0.15) is 56.9 Å². The highest BCUT2D eigenvalue weighted by Gasteiger charge is 2.42. The molecule has 1 fully saturated rings. The second-order valence-corrected chi connectivity index (χ2v) is 8.73. The van der Waals surface area contributed by atoms with E-state index < -0.39 is 30.1 Å². The number of carbonyl (C=O) groups is 1. The average molecular weight is 455 g/mol.